The molecule has 76 valence electrons. The van der Waals surface area contributed by atoms with Crippen LogP contribution in [0.15, 0.2) is 23.1 Å². The lowest BCUT2D eigenvalue weighted by Crippen LogP contribution is -2.31. The maximum absolute atomic E-state index is 11.1. The number of H-pyrrole nitrogens is 1. The van der Waals surface area contributed by atoms with Crippen molar-refractivity contribution in [3.63, 3.8) is 0 Å². The molecule has 0 fully saturated rings. The number of urea groups is 1. The van der Waals surface area contributed by atoms with E-state index in [4.69, 9.17) is 0 Å². The monoisotopic (exact) mass is 195 g/mol. The fraction of sp³-hybridized carbons (Fsp3) is 0.333. The summed E-state index contributed by atoms with van der Waals surface area (Å²) in [6, 6.07) is 2.84. The van der Waals surface area contributed by atoms with Crippen LogP contribution in [0.25, 0.3) is 0 Å². The van der Waals surface area contributed by atoms with Crippen LogP contribution in [-0.2, 0) is 0 Å². The maximum atomic E-state index is 11.1. The van der Waals surface area contributed by atoms with Crippen LogP contribution in [0.3, 0.4) is 0 Å². The van der Waals surface area contributed by atoms with Gasteiger partial charge in [0.15, 0.2) is 0 Å². The molecule has 14 heavy (non-hydrogen) atoms. The topological polar surface area (TPSA) is 74.0 Å². The van der Waals surface area contributed by atoms with Crippen molar-refractivity contribution in [1.82, 2.24) is 10.3 Å². The summed E-state index contributed by atoms with van der Waals surface area (Å²) in [6.45, 7) is 2.55. The second-order valence-electron chi connectivity index (χ2n) is 2.79. The maximum Gasteiger partial charge on any atom is 0.319 e. The molecule has 5 nitrogen and oxygen atoms in total. The first kappa shape index (κ1) is 10.3. The number of hydrogen-bond acceptors (Lipinski definition) is 2. The average Bonchev–Trinajstić information content (AvgIpc) is 2.18. The molecule has 1 aromatic rings. The summed E-state index contributed by atoms with van der Waals surface area (Å²) in [5, 5.41) is 5.06. The van der Waals surface area contributed by atoms with Gasteiger partial charge in [-0.15, -0.1) is 0 Å². The minimum Gasteiger partial charge on any atom is -0.338 e. The summed E-state index contributed by atoms with van der Waals surface area (Å²) in [5.74, 6) is 0. The van der Waals surface area contributed by atoms with Gasteiger partial charge in [0.25, 0.3) is 5.56 Å². The minimum atomic E-state index is -0.358. The first-order chi connectivity index (χ1) is 6.74. The Morgan fingerprint density at radius 3 is 3.00 bits per heavy atom. The number of anilines is 1. The lowest BCUT2D eigenvalue weighted by molar-refractivity contribution is 0.252. The van der Waals surface area contributed by atoms with Gasteiger partial charge in [-0.1, -0.05) is 6.92 Å². The van der Waals surface area contributed by atoms with Crippen LogP contribution < -0.4 is 16.2 Å². The lowest BCUT2D eigenvalue weighted by Gasteiger charge is -2.04. The number of carbonyl (C=O) groups excluding carboxylic acids is 1. The van der Waals surface area contributed by atoms with Crippen molar-refractivity contribution in [3.05, 3.63) is 28.7 Å². The first-order valence-electron chi connectivity index (χ1n) is 4.46. The highest BCUT2D eigenvalue weighted by atomic mass is 16.2. The highest BCUT2D eigenvalue weighted by Crippen LogP contribution is 1.94. The predicted octanol–water partition coefficient (Wildman–Crippen LogP) is 0.906. The van der Waals surface area contributed by atoms with Gasteiger partial charge in [0.1, 0.15) is 5.69 Å². The zero-order valence-corrected chi connectivity index (χ0v) is 7.96. The number of pyridine rings is 1. The predicted molar refractivity (Wildman–Crippen MR) is 54.4 cm³/mol. The van der Waals surface area contributed by atoms with E-state index < -0.39 is 0 Å². The van der Waals surface area contributed by atoms with Gasteiger partial charge in [-0.3, -0.25) is 4.79 Å². The lowest BCUT2D eigenvalue weighted by atomic mass is 10.4. The molecule has 0 atom stereocenters. The SMILES string of the molecule is CCCNC(=O)Nc1ccc[nH]c1=O. The molecule has 0 aliphatic carbocycles. The molecule has 0 aliphatic heterocycles. The molecule has 1 rings (SSSR count). The van der Waals surface area contributed by atoms with E-state index in [1.165, 1.54) is 6.20 Å². The fourth-order valence-electron chi connectivity index (χ4n) is 0.925. The van der Waals surface area contributed by atoms with Crippen molar-refractivity contribution in [1.29, 1.82) is 0 Å². The summed E-state index contributed by atoms with van der Waals surface area (Å²) in [4.78, 5) is 24.7. The van der Waals surface area contributed by atoms with Gasteiger partial charge >= 0.3 is 6.03 Å². The smallest absolute Gasteiger partial charge is 0.319 e. The Bertz CT molecular complexity index is 359. The van der Waals surface area contributed by atoms with Crippen LogP contribution in [0.2, 0.25) is 0 Å². The van der Waals surface area contributed by atoms with Crippen LogP contribution in [0.4, 0.5) is 10.5 Å². The van der Waals surface area contributed by atoms with Gasteiger partial charge in [-0.25, -0.2) is 4.79 Å². The van der Waals surface area contributed by atoms with Gasteiger partial charge < -0.3 is 15.6 Å². The van der Waals surface area contributed by atoms with E-state index in [-0.39, 0.29) is 17.3 Å². The highest BCUT2D eigenvalue weighted by Gasteiger charge is 2.02. The second-order valence-corrected chi connectivity index (χ2v) is 2.79. The fourth-order valence-corrected chi connectivity index (χ4v) is 0.925. The Morgan fingerprint density at radius 2 is 2.36 bits per heavy atom. The molecule has 2 amide bonds. The van der Waals surface area contributed by atoms with Crippen LogP contribution >= 0.6 is 0 Å². The molecule has 0 spiro atoms. The number of nitrogens with one attached hydrogen (secondary N) is 3. The van der Waals surface area contributed by atoms with E-state index in [2.05, 4.69) is 15.6 Å². The quantitative estimate of drug-likeness (QED) is 0.670. The van der Waals surface area contributed by atoms with Crippen molar-refractivity contribution < 1.29 is 4.79 Å². The van der Waals surface area contributed by atoms with E-state index in [0.717, 1.165) is 6.42 Å². The van der Waals surface area contributed by atoms with Crippen LogP contribution in [-0.4, -0.2) is 17.6 Å². The zero-order valence-electron chi connectivity index (χ0n) is 7.96. The number of aromatic amines is 1. The Kier molecular flexibility index (Phi) is 3.72. The molecular weight excluding hydrogens is 182 g/mol. The number of amides is 2. The Morgan fingerprint density at radius 1 is 1.57 bits per heavy atom. The molecule has 0 unspecified atom stereocenters. The van der Waals surface area contributed by atoms with Crippen LogP contribution in [0, 0.1) is 0 Å². The van der Waals surface area contributed by atoms with E-state index >= 15 is 0 Å². The zero-order chi connectivity index (χ0) is 10.4. The largest absolute Gasteiger partial charge is 0.338 e. The molecule has 0 saturated heterocycles. The molecule has 0 radical (unpaired) electrons. The van der Waals surface area contributed by atoms with Gasteiger partial charge in [0.05, 0.1) is 0 Å². The summed E-state index contributed by atoms with van der Waals surface area (Å²) >= 11 is 0. The van der Waals surface area contributed by atoms with Crippen LogP contribution in [0.5, 0.6) is 0 Å². The summed E-state index contributed by atoms with van der Waals surface area (Å²) < 4.78 is 0. The van der Waals surface area contributed by atoms with Crippen molar-refractivity contribution in [3.8, 4) is 0 Å². The van der Waals surface area contributed by atoms with Gasteiger partial charge in [-0.2, -0.15) is 0 Å². The number of aromatic nitrogens is 1. The standard InChI is InChI=1S/C9H13N3O2/c1-2-5-11-9(14)12-7-4-3-6-10-8(7)13/h3-4,6H,2,5H2,1H3,(H,10,13)(H2,11,12,14). The van der Waals surface area contributed by atoms with E-state index in [1.54, 1.807) is 12.1 Å². The van der Waals surface area contributed by atoms with Gasteiger partial charge in [0, 0.05) is 12.7 Å². The molecule has 3 N–H and O–H groups in total. The second kappa shape index (κ2) is 5.06. The van der Waals surface area contributed by atoms with Crippen LogP contribution in [0.1, 0.15) is 13.3 Å². The molecule has 0 aromatic carbocycles. The summed E-state index contributed by atoms with van der Waals surface area (Å²) in [7, 11) is 0. The van der Waals surface area contributed by atoms with E-state index in [9.17, 15) is 9.59 Å². The van der Waals surface area contributed by atoms with E-state index in [0.29, 0.717) is 6.54 Å². The average molecular weight is 195 g/mol. The Hall–Kier alpha value is -1.78. The molecule has 0 bridgehead atoms. The summed E-state index contributed by atoms with van der Waals surface area (Å²) in [5.41, 5.74) is -0.0553. The molecule has 0 aliphatic rings. The molecule has 1 aromatic heterocycles. The van der Waals surface area contributed by atoms with Crippen molar-refractivity contribution >= 4 is 11.7 Å². The third kappa shape index (κ3) is 2.93. The number of carbonyl (C=O) groups is 1. The number of hydrogen-bond donors (Lipinski definition) is 3. The number of rotatable bonds is 3. The van der Waals surface area contributed by atoms with Crippen molar-refractivity contribution in [2.45, 2.75) is 13.3 Å². The van der Waals surface area contributed by atoms with Gasteiger partial charge in [0.2, 0.25) is 0 Å². The van der Waals surface area contributed by atoms with Crippen molar-refractivity contribution in [2.24, 2.45) is 0 Å². The third-order valence-electron chi connectivity index (χ3n) is 1.60. The molecule has 1 heterocycles. The van der Waals surface area contributed by atoms with Crippen molar-refractivity contribution in [2.75, 3.05) is 11.9 Å². The first-order valence-corrected chi connectivity index (χ1v) is 4.46. The van der Waals surface area contributed by atoms with Gasteiger partial charge in [-0.05, 0) is 18.6 Å². The highest BCUT2D eigenvalue weighted by molar-refractivity contribution is 5.88. The Labute approximate surface area is 81.5 Å². The molecule has 0 saturated carbocycles. The van der Waals surface area contributed by atoms with E-state index in [1.807, 2.05) is 6.92 Å². The Balaban J connectivity index is 2.56. The minimum absolute atomic E-state index is 0.251. The summed E-state index contributed by atoms with van der Waals surface area (Å²) in [6.07, 6.45) is 2.37. The third-order valence-corrected chi connectivity index (χ3v) is 1.60. The normalized spacial score (nSPS) is 9.50. The molecular formula is C9H13N3O2. The molecule has 5 heteroatoms.